The van der Waals surface area contributed by atoms with E-state index in [-0.39, 0.29) is 11.7 Å². The molecule has 2 aromatic rings. The zero-order valence-corrected chi connectivity index (χ0v) is 16.9. The van der Waals surface area contributed by atoms with E-state index in [1.54, 1.807) is 23.7 Å². The summed E-state index contributed by atoms with van der Waals surface area (Å²) in [4.78, 5) is 24.1. The summed E-state index contributed by atoms with van der Waals surface area (Å²) in [7, 11) is 0. The quantitative estimate of drug-likeness (QED) is 0.766. The number of rotatable bonds is 4. The lowest BCUT2D eigenvalue weighted by molar-refractivity contribution is -0.192. The van der Waals surface area contributed by atoms with Crippen LogP contribution < -0.4 is 4.74 Å². The molecule has 2 fully saturated rings. The molecule has 1 atom stereocenters. The number of halogens is 3. The lowest BCUT2D eigenvalue weighted by Crippen LogP contribution is -2.65. The third kappa shape index (κ3) is 6.09. The highest BCUT2D eigenvalue weighted by atomic mass is 32.1. The van der Waals surface area contributed by atoms with Crippen LogP contribution in [0.15, 0.2) is 24.0 Å². The van der Waals surface area contributed by atoms with Gasteiger partial charge in [0.05, 0.1) is 30.6 Å². The van der Waals surface area contributed by atoms with Gasteiger partial charge in [-0.1, -0.05) is 0 Å². The smallest absolute Gasteiger partial charge is 0.475 e. The van der Waals surface area contributed by atoms with E-state index in [9.17, 15) is 13.2 Å². The van der Waals surface area contributed by atoms with E-state index in [0.717, 1.165) is 44.8 Å². The maximum atomic E-state index is 10.6. The Labute approximate surface area is 174 Å². The van der Waals surface area contributed by atoms with E-state index < -0.39 is 12.1 Å². The predicted molar refractivity (Wildman–Crippen MR) is 100 cm³/mol. The fourth-order valence-corrected chi connectivity index (χ4v) is 4.03. The monoisotopic (exact) mass is 446 g/mol. The van der Waals surface area contributed by atoms with Gasteiger partial charge in [0.25, 0.3) is 0 Å². The van der Waals surface area contributed by atoms with Crippen LogP contribution >= 0.6 is 11.3 Å². The van der Waals surface area contributed by atoms with E-state index in [1.807, 2.05) is 18.5 Å². The highest BCUT2D eigenvalue weighted by molar-refractivity contribution is 7.09. The molecule has 0 aromatic carbocycles. The normalized spacial score (nSPS) is 20.7. The highest BCUT2D eigenvalue weighted by Gasteiger charge is 2.48. The number of carboxylic acids is 1. The fraction of sp³-hybridized carbons (Fsp3) is 0.556. The number of ether oxygens (including phenoxy) is 2. The van der Waals surface area contributed by atoms with Crippen molar-refractivity contribution in [3.8, 4) is 5.88 Å². The van der Waals surface area contributed by atoms with Crippen molar-refractivity contribution in [3.63, 3.8) is 0 Å². The second kappa shape index (κ2) is 9.23. The van der Waals surface area contributed by atoms with Crippen molar-refractivity contribution in [3.05, 3.63) is 34.7 Å². The minimum atomic E-state index is -5.08. The van der Waals surface area contributed by atoms with Gasteiger partial charge in [-0.05, 0) is 6.92 Å². The minimum absolute atomic E-state index is 0.0581. The van der Waals surface area contributed by atoms with E-state index in [4.69, 9.17) is 19.4 Å². The first-order chi connectivity index (χ1) is 14.2. The molecule has 1 spiro atoms. The summed E-state index contributed by atoms with van der Waals surface area (Å²) >= 11 is 1.71. The molecule has 0 saturated carbocycles. The number of nitrogens with zero attached hydrogens (tertiary/aromatic N) is 4. The zero-order valence-electron chi connectivity index (χ0n) is 16.1. The summed E-state index contributed by atoms with van der Waals surface area (Å²) in [6.45, 7) is 5.48. The number of carboxylic acid groups (broad SMARTS) is 1. The molecule has 0 radical (unpaired) electrons. The number of hydrogen-bond donors (Lipinski definition) is 1. The van der Waals surface area contributed by atoms with Crippen molar-refractivity contribution >= 4 is 17.3 Å². The van der Waals surface area contributed by atoms with Gasteiger partial charge in [0.15, 0.2) is 0 Å². The number of hydrogen-bond acceptors (Lipinski definition) is 8. The molecule has 2 aliphatic rings. The molecule has 2 aliphatic heterocycles. The van der Waals surface area contributed by atoms with Crippen molar-refractivity contribution in [2.45, 2.75) is 44.2 Å². The highest BCUT2D eigenvalue weighted by Crippen LogP contribution is 2.36. The molecule has 164 valence electrons. The second-order valence-corrected chi connectivity index (χ2v) is 8.12. The molecule has 12 heteroatoms. The number of carbonyl (C=O) groups is 1. The van der Waals surface area contributed by atoms with Crippen LogP contribution in [-0.2, 0) is 16.1 Å². The molecule has 8 nitrogen and oxygen atoms in total. The number of aromatic nitrogens is 3. The van der Waals surface area contributed by atoms with Gasteiger partial charge in [-0.25, -0.2) is 14.8 Å². The summed E-state index contributed by atoms with van der Waals surface area (Å²) in [6.07, 6.45) is 2.17. The Balaban J connectivity index is 0.000000318. The molecule has 2 aromatic heterocycles. The summed E-state index contributed by atoms with van der Waals surface area (Å²) in [5.41, 5.74) is 0.819. The lowest BCUT2D eigenvalue weighted by atomic mass is 9.85. The van der Waals surface area contributed by atoms with Crippen LogP contribution in [0.4, 0.5) is 13.2 Å². The topological polar surface area (TPSA) is 97.7 Å². The molecular weight excluding hydrogens is 425 g/mol. The predicted octanol–water partition coefficient (Wildman–Crippen LogP) is 2.69. The Morgan fingerprint density at radius 2 is 2.17 bits per heavy atom. The van der Waals surface area contributed by atoms with Crippen LogP contribution in [-0.4, -0.2) is 68.5 Å². The van der Waals surface area contributed by atoms with Gasteiger partial charge in [0, 0.05) is 43.7 Å². The van der Waals surface area contributed by atoms with Crippen molar-refractivity contribution < 1.29 is 32.5 Å². The lowest BCUT2D eigenvalue weighted by Gasteiger charge is -2.52. The van der Waals surface area contributed by atoms with Gasteiger partial charge in [-0.2, -0.15) is 13.2 Å². The Kier molecular flexibility index (Phi) is 6.88. The van der Waals surface area contributed by atoms with Crippen LogP contribution in [0.5, 0.6) is 5.88 Å². The van der Waals surface area contributed by atoms with E-state index in [1.165, 1.54) is 5.01 Å². The van der Waals surface area contributed by atoms with Crippen LogP contribution in [0, 0.1) is 6.92 Å². The number of aliphatic carboxylic acids is 1. The van der Waals surface area contributed by atoms with E-state index >= 15 is 0 Å². The number of likely N-dealkylation sites (tertiary alicyclic amines) is 1. The summed E-state index contributed by atoms with van der Waals surface area (Å²) in [5, 5.41) is 10.3. The first kappa shape index (κ1) is 22.4. The third-order valence-corrected chi connectivity index (χ3v) is 5.34. The Morgan fingerprint density at radius 1 is 1.43 bits per heavy atom. The Morgan fingerprint density at radius 3 is 2.77 bits per heavy atom. The van der Waals surface area contributed by atoms with Crippen molar-refractivity contribution in [1.82, 2.24) is 19.9 Å². The maximum Gasteiger partial charge on any atom is 0.490 e. The molecule has 0 aliphatic carbocycles. The molecule has 1 N–H and O–H groups in total. The van der Waals surface area contributed by atoms with Gasteiger partial charge in [0.1, 0.15) is 11.1 Å². The van der Waals surface area contributed by atoms with Gasteiger partial charge >= 0.3 is 12.1 Å². The second-order valence-electron chi connectivity index (χ2n) is 7.14. The van der Waals surface area contributed by atoms with Crippen LogP contribution in [0.3, 0.4) is 0 Å². The van der Waals surface area contributed by atoms with Crippen molar-refractivity contribution in [2.75, 3.05) is 19.7 Å². The summed E-state index contributed by atoms with van der Waals surface area (Å²) in [5.74, 6) is -2.14. The molecular formula is C18H21F3N4O4S. The van der Waals surface area contributed by atoms with Crippen molar-refractivity contribution in [2.24, 2.45) is 0 Å². The largest absolute Gasteiger partial charge is 0.490 e. The first-order valence-corrected chi connectivity index (χ1v) is 10.0. The van der Waals surface area contributed by atoms with E-state index in [0.29, 0.717) is 5.88 Å². The number of thiazole rings is 1. The average molecular weight is 446 g/mol. The molecule has 4 rings (SSSR count). The zero-order chi connectivity index (χ0) is 21.8. The molecule has 1 unspecified atom stereocenters. The molecule has 30 heavy (non-hydrogen) atoms. The molecule has 0 bridgehead atoms. The third-order valence-electron chi connectivity index (χ3n) is 4.58. The van der Waals surface area contributed by atoms with Crippen LogP contribution in [0.25, 0.3) is 0 Å². The molecule has 4 heterocycles. The van der Waals surface area contributed by atoms with Gasteiger partial charge in [-0.3, -0.25) is 9.88 Å². The standard InChI is InChI=1S/C16H20N4O2S.C2HF3O2/c1-12-7-17-8-14(19-12)22-13-2-4-21-16(6-13)10-20(11-16)9-15-18-3-5-23-15;3-2(4,5)1(6)7/h3,5,7-8,13H,2,4,6,9-11H2,1H3;(H,6,7). The fourth-order valence-electron chi connectivity index (χ4n) is 3.37. The molecule has 2 saturated heterocycles. The Hall–Kier alpha value is -2.31. The number of aryl methyl sites for hydroxylation is 1. The maximum absolute atomic E-state index is 10.6. The first-order valence-electron chi connectivity index (χ1n) is 9.15. The van der Waals surface area contributed by atoms with Crippen molar-refractivity contribution in [1.29, 1.82) is 0 Å². The van der Waals surface area contributed by atoms with Gasteiger partial charge in [-0.15, -0.1) is 11.3 Å². The minimum Gasteiger partial charge on any atom is -0.475 e. The van der Waals surface area contributed by atoms with Gasteiger partial charge in [0.2, 0.25) is 5.88 Å². The average Bonchev–Trinajstić information content (AvgIpc) is 3.14. The van der Waals surface area contributed by atoms with Gasteiger partial charge < -0.3 is 14.6 Å². The van der Waals surface area contributed by atoms with Crippen LogP contribution in [0.1, 0.15) is 23.5 Å². The Bertz CT molecular complexity index is 844. The SMILES string of the molecule is Cc1cncc(OC2CCOC3(C2)CN(Cc2nccs2)C3)n1.O=C(O)C(F)(F)F. The summed E-state index contributed by atoms with van der Waals surface area (Å²) in [6, 6.07) is 0. The van der Waals surface area contributed by atoms with Crippen LogP contribution in [0.2, 0.25) is 0 Å². The number of alkyl halides is 3. The van der Waals surface area contributed by atoms with E-state index in [2.05, 4.69) is 19.9 Å². The summed E-state index contributed by atoms with van der Waals surface area (Å²) < 4.78 is 43.8. The molecule has 0 amide bonds.